The molecule has 1 aromatic rings. The Morgan fingerprint density at radius 1 is 1.15 bits per heavy atom. The highest BCUT2D eigenvalue weighted by Crippen LogP contribution is 2.12. The predicted molar refractivity (Wildman–Crippen MR) is 109 cm³/mol. The maximum Gasteiger partial charge on any atom is 0.169 e. The van der Waals surface area contributed by atoms with Crippen molar-refractivity contribution in [2.45, 2.75) is 32.6 Å². The van der Waals surface area contributed by atoms with Gasteiger partial charge in [-0.25, -0.2) is 0 Å². The molecule has 1 rings (SSSR count). The first-order valence-electron chi connectivity index (χ1n) is 9.08. The molecule has 0 aliphatic carbocycles. The summed E-state index contributed by atoms with van der Waals surface area (Å²) in [5.41, 5.74) is 12.4. The lowest BCUT2D eigenvalue weighted by atomic mass is 10.2. The molecule has 0 saturated carbocycles. The monoisotopic (exact) mass is 374 g/mol. The summed E-state index contributed by atoms with van der Waals surface area (Å²) in [4.78, 5) is 0. The third kappa shape index (κ3) is 9.46. The van der Waals surface area contributed by atoms with Crippen molar-refractivity contribution in [3.8, 4) is 5.75 Å². The minimum Gasteiger partial charge on any atom is -0.494 e. The van der Waals surface area contributed by atoms with Crippen molar-refractivity contribution in [1.29, 1.82) is 5.41 Å². The number of oxime groups is 1. The van der Waals surface area contributed by atoms with E-state index in [1.165, 1.54) is 0 Å². The predicted octanol–water partition coefficient (Wildman–Crippen LogP) is 3.18. The first kappa shape index (κ1) is 22.2. The fourth-order valence-corrected chi connectivity index (χ4v) is 2.27. The fraction of sp³-hybridized carbons (Fsp3) is 0.400. The fourth-order valence-electron chi connectivity index (χ4n) is 2.27. The van der Waals surface area contributed by atoms with E-state index in [-0.39, 0.29) is 11.7 Å². The number of unbranched alkanes of at least 4 members (excludes halogenated alkanes) is 2. The standard InChI is InChI=1S/C20H30N4O3/c1-2-7-17(20(23)24-25)8-6-14-26-13-4-3-5-15-27-18-11-9-16(10-12-18)19(21)22/h6-12,25H,2-5,13-15H2,1H3,(H3,21,22)(H2,23,24)/b8-6-,17-7+. The summed E-state index contributed by atoms with van der Waals surface area (Å²) < 4.78 is 11.2. The van der Waals surface area contributed by atoms with Crippen LogP contribution in [0, 0.1) is 5.41 Å². The SMILES string of the molecule is CC/C=C(\C=C/COCCCCCOc1ccc(C(=N)N)cc1)C(/N)=N\O. The molecule has 7 heteroatoms. The molecule has 0 spiro atoms. The van der Waals surface area contributed by atoms with Crippen LogP contribution < -0.4 is 16.2 Å². The number of rotatable bonds is 13. The number of nitrogens with zero attached hydrogens (tertiary/aromatic N) is 1. The smallest absolute Gasteiger partial charge is 0.169 e. The molecule has 6 N–H and O–H groups in total. The number of ether oxygens (including phenoxy) is 2. The number of nitrogens with one attached hydrogen (secondary N) is 1. The second-order valence-corrected chi connectivity index (χ2v) is 5.88. The maximum atomic E-state index is 8.72. The summed E-state index contributed by atoms with van der Waals surface area (Å²) in [5.74, 6) is 0.936. The average molecular weight is 374 g/mol. The Morgan fingerprint density at radius 2 is 1.85 bits per heavy atom. The Bertz CT molecular complexity index is 652. The molecule has 27 heavy (non-hydrogen) atoms. The molecule has 7 nitrogen and oxygen atoms in total. The van der Waals surface area contributed by atoms with E-state index in [9.17, 15) is 0 Å². The van der Waals surface area contributed by atoms with Gasteiger partial charge in [0, 0.05) is 17.7 Å². The quantitative estimate of drug-likeness (QED) is 0.105. The van der Waals surface area contributed by atoms with E-state index >= 15 is 0 Å². The number of benzene rings is 1. The molecule has 0 fully saturated rings. The third-order valence-corrected chi connectivity index (χ3v) is 3.71. The summed E-state index contributed by atoms with van der Waals surface area (Å²) in [6.07, 6.45) is 9.26. The Hall–Kier alpha value is -2.80. The summed E-state index contributed by atoms with van der Waals surface area (Å²) in [6.45, 7) is 3.79. The van der Waals surface area contributed by atoms with Crippen molar-refractivity contribution in [1.82, 2.24) is 0 Å². The van der Waals surface area contributed by atoms with Crippen molar-refractivity contribution in [3.05, 3.63) is 53.6 Å². The lowest BCUT2D eigenvalue weighted by molar-refractivity contribution is 0.155. The van der Waals surface area contributed by atoms with Gasteiger partial charge in [-0.15, -0.1) is 0 Å². The normalized spacial score (nSPS) is 12.5. The van der Waals surface area contributed by atoms with Crippen LogP contribution in [-0.4, -0.2) is 36.7 Å². The summed E-state index contributed by atoms with van der Waals surface area (Å²) >= 11 is 0. The number of allylic oxidation sites excluding steroid dienone is 1. The third-order valence-electron chi connectivity index (χ3n) is 3.71. The molecule has 0 aliphatic heterocycles. The van der Waals surface area contributed by atoms with Gasteiger partial charge in [-0.3, -0.25) is 5.41 Å². The van der Waals surface area contributed by atoms with E-state index in [4.69, 9.17) is 31.6 Å². The average Bonchev–Trinajstić information content (AvgIpc) is 2.68. The van der Waals surface area contributed by atoms with Crippen LogP contribution in [0.25, 0.3) is 0 Å². The second kappa shape index (κ2) is 13.4. The van der Waals surface area contributed by atoms with E-state index in [0.717, 1.165) is 31.4 Å². The highest BCUT2D eigenvalue weighted by atomic mass is 16.5. The molecular formula is C20H30N4O3. The number of nitrogens with two attached hydrogens (primary N) is 2. The molecule has 0 bridgehead atoms. The van der Waals surface area contributed by atoms with Crippen LogP contribution in [0.2, 0.25) is 0 Å². The maximum absolute atomic E-state index is 8.72. The van der Waals surface area contributed by atoms with Crippen molar-refractivity contribution >= 4 is 11.7 Å². The largest absolute Gasteiger partial charge is 0.494 e. The molecule has 0 unspecified atom stereocenters. The van der Waals surface area contributed by atoms with Gasteiger partial charge in [-0.2, -0.15) is 0 Å². The van der Waals surface area contributed by atoms with Crippen LogP contribution in [0.15, 0.2) is 53.2 Å². The van der Waals surface area contributed by atoms with Gasteiger partial charge in [0.1, 0.15) is 11.6 Å². The van der Waals surface area contributed by atoms with Crippen molar-refractivity contribution < 1.29 is 14.7 Å². The molecule has 0 atom stereocenters. The van der Waals surface area contributed by atoms with Crippen LogP contribution in [0.4, 0.5) is 0 Å². The number of hydrogen-bond donors (Lipinski definition) is 4. The van der Waals surface area contributed by atoms with Crippen LogP contribution in [0.3, 0.4) is 0 Å². The number of amidine groups is 2. The first-order valence-corrected chi connectivity index (χ1v) is 9.08. The Morgan fingerprint density at radius 3 is 2.48 bits per heavy atom. The molecule has 1 aromatic carbocycles. The Balaban J connectivity index is 2.09. The van der Waals surface area contributed by atoms with Gasteiger partial charge < -0.3 is 26.1 Å². The molecule has 0 aromatic heterocycles. The van der Waals surface area contributed by atoms with Gasteiger partial charge in [-0.1, -0.05) is 30.3 Å². The zero-order chi connectivity index (χ0) is 19.9. The van der Waals surface area contributed by atoms with Crippen LogP contribution in [0.1, 0.15) is 38.2 Å². The zero-order valence-electron chi connectivity index (χ0n) is 15.9. The summed E-state index contributed by atoms with van der Waals surface area (Å²) in [5, 5.41) is 19.1. The molecule has 0 saturated heterocycles. The Kier molecular flexibility index (Phi) is 11.0. The minimum atomic E-state index is 0.0546. The van der Waals surface area contributed by atoms with E-state index in [1.54, 1.807) is 18.2 Å². The lowest BCUT2D eigenvalue weighted by Gasteiger charge is -2.07. The van der Waals surface area contributed by atoms with Gasteiger partial charge in [0.15, 0.2) is 5.84 Å². The van der Waals surface area contributed by atoms with Gasteiger partial charge in [0.2, 0.25) is 0 Å². The van der Waals surface area contributed by atoms with E-state index in [2.05, 4.69) is 5.16 Å². The van der Waals surface area contributed by atoms with E-state index in [1.807, 2.05) is 31.2 Å². The molecule has 0 heterocycles. The Labute approximate surface area is 160 Å². The van der Waals surface area contributed by atoms with Gasteiger partial charge >= 0.3 is 0 Å². The van der Waals surface area contributed by atoms with E-state index < -0.39 is 0 Å². The van der Waals surface area contributed by atoms with Crippen LogP contribution >= 0.6 is 0 Å². The second-order valence-electron chi connectivity index (χ2n) is 5.88. The number of hydrogen-bond acceptors (Lipinski definition) is 5. The van der Waals surface area contributed by atoms with Gasteiger partial charge in [0.25, 0.3) is 0 Å². The highest BCUT2D eigenvalue weighted by Gasteiger charge is 1.99. The van der Waals surface area contributed by atoms with Crippen molar-refractivity contribution in [2.75, 3.05) is 19.8 Å². The van der Waals surface area contributed by atoms with E-state index in [0.29, 0.717) is 31.0 Å². The molecule has 148 valence electrons. The van der Waals surface area contributed by atoms with Crippen molar-refractivity contribution in [2.24, 2.45) is 16.6 Å². The van der Waals surface area contributed by atoms with Gasteiger partial charge in [-0.05, 0) is 49.9 Å². The summed E-state index contributed by atoms with van der Waals surface area (Å²) in [6, 6.07) is 7.20. The van der Waals surface area contributed by atoms with Crippen LogP contribution in [0.5, 0.6) is 5.75 Å². The minimum absolute atomic E-state index is 0.0546. The highest BCUT2D eigenvalue weighted by molar-refractivity contribution is 5.99. The molecule has 0 aliphatic rings. The lowest BCUT2D eigenvalue weighted by Crippen LogP contribution is -2.13. The van der Waals surface area contributed by atoms with Crippen molar-refractivity contribution in [3.63, 3.8) is 0 Å². The molecule has 0 amide bonds. The topological polar surface area (TPSA) is 127 Å². The first-order chi connectivity index (χ1) is 13.1. The molecular weight excluding hydrogens is 344 g/mol. The summed E-state index contributed by atoms with van der Waals surface area (Å²) in [7, 11) is 0. The zero-order valence-corrected chi connectivity index (χ0v) is 15.9. The molecule has 0 radical (unpaired) electrons. The number of nitrogen functional groups attached to an aromatic ring is 1. The van der Waals surface area contributed by atoms with Gasteiger partial charge in [0.05, 0.1) is 13.2 Å². The van der Waals surface area contributed by atoms with Crippen LogP contribution in [-0.2, 0) is 4.74 Å².